The average molecular weight is 192 g/mol. The van der Waals surface area contributed by atoms with Crippen LogP contribution in [0.25, 0.3) is 0 Å². The first-order chi connectivity index (χ1) is 6.74. The van der Waals surface area contributed by atoms with Gasteiger partial charge in [-0.1, -0.05) is 6.07 Å². The largest absolute Gasteiger partial charge is 0.490 e. The van der Waals surface area contributed by atoms with Gasteiger partial charge in [0.2, 0.25) is 0 Å². The monoisotopic (exact) mass is 192 g/mol. The normalized spacial score (nSPS) is 19.4. The SMILES string of the molecule is N#Cc1ccc2c(c1F)OCC[C@@H]2N. The lowest BCUT2D eigenvalue weighted by molar-refractivity contribution is 0.255. The highest BCUT2D eigenvalue weighted by Crippen LogP contribution is 2.34. The summed E-state index contributed by atoms with van der Waals surface area (Å²) in [6.45, 7) is 0.403. The number of nitrogens with zero attached hydrogens (tertiary/aromatic N) is 1. The summed E-state index contributed by atoms with van der Waals surface area (Å²) in [4.78, 5) is 0. The van der Waals surface area contributed by atoms with Gasteiger partial charge in [-0.05, 0) is 6.07 Å². The van der Waals surface area contributed by atoms with E-state index < -0.39 is 5.82 Å². The summed E-state index contributed by atoms with van der Waals surface area (Å²) in [5.41, 5.74) is 6.42. The molecule has 1 heterocycles. The van der Waals surface area contributed by atoms with Crippen molar-refractivity contribution in [2.45, 2.75) is 12.5 Å². The minimum atomic E-state index is -0.597. The van der Waals surface area contributed by atoms with E-state index in [0.717, 1.165) is 0 Å². The first-order valence-corrected chi connectivity index (χ1v) is 4.35. The third-order valence-corrected chi connectivity index (χ3v) is 2.32. The molecule has 0 aliphatic carbocycles. The quantitative estimate of drug-likeness (QED) is 0.677. The second kappa shape index (κ2) is 3.28. The van der Waals surface area contributed by atoms with E-state index in [1.165, 1.54) is 6.07 Å². The number of hydrogen-bond donors (Lipinski definition) is 1. The number of nitrogens with two attached hydrogens (primary N) is 1. The number of ether oxygens (including phenoxy) is 1. The van der Waals surface area contributed by atoms with Crippen LogP contribution in [0.1, 0.15) is 23.6 Å². The van der Waals surface area contributed by atoms with E-state index in [-0.39, 0.29) is 17.4 Å². The van der Waals surface area contributed by atoms with E-state index in [9.17, 15) is 4.39 Å². The molecule has 2 rings (SSSR count). The van der Waals surface area contributed by atoms with Crippen LogP contribution in [0.15, 0.2) is 12.1 Å². The highest BCUT2D eigenvalue weighted by molar-refractivity contribution is 5.46. The lowest BCUT2D eigenvalue weighted by Gasteiger charge is -2.23. The summed E-state index contributed by atoms with van der Waals surface area (Å²) < 4.78 is 18.7. The van der Waals surface area contributed by atoms with Gasteiger partial charge in [-0.25, -0.2) is 4.39 Å². The minimum Gasteiger partial charge on any atom is -0.490 e. The molecule has 0 unspecified atom stereocenters. The molecule has 72 valence electrons. The molecule has 4 heteroatoms. The van der Waals surface area contributed by atoms with Crippen LogP contribution < -0.4 is 10.5 Å². The Morgan fingerprint density at radius 3 is 3.07 bits per heavy atom. The number of hydrogen-bond acceptors (Lipinski definition) is 3. The summed E-state index contributed by atoms with van der Waals surface area (Å²) in [6.07, 6.45) is 0.679. The van der Waals surface area contributed by atoms with Crippen molar-refractivity contribution in [3.63, 3.8) is 0 Å². The van der Waals surface area contributed by atoms with Crippen molar-refractivity contribution >= 4 is 0 Å². The van der Waals surface area contributed by atoms with Gasteiger partial charge >= 0.3 is 0 Å². The first-order valence-electron chi connectivity index (χ1n) is 4.35. The average Bonchev–Trinajstić information content (AvgIpc) is 2.20. The van der Waals surface area contributed by atoms with E-state index >= 15 is 0 Å². The van der Waals surface area contributed by atoms with Crippen molar-refractivity contribution in [2.24, 2.45) is 5.73 Å². The van der Waals surface area contributed by atoms with Crippen LogP contribution in [0.2, 0.25) is 0 Å². The van der Waals surface area contributed by atoms with E-state index in [2.05, 4.69) is 0 Å². The van der Waals surface area contributed by atoms with Crippen molar-refractivity contribution in [3.8, 4) is 11.8 Å². The Labute approximate surface area is 80.9 Å². The third kappa shape index (κ3) is 1.22. The molecule has 1 aliphatic rings. The molecule has 0 spiro atoms. The second-order valence-corrected chi connectivity index (χ2v) is 3.20. The van der Waals surface area contributed by atoms with Gasteiger partial charge in [0.25, 0.3) is 0 Å². The summed E-state index contributed by atoms with van der Waals surface area (Å²) in [6, 6.07) is 4.66. The van der Waals surface area contributed by atoms with Crippen LogP contribution in [0.5, 0.6) is 5.75 Å². The van der Waals surface area contributed by atoms with Gasteiger partial charge in [0.1, 0.15) is 6.07 Å². The number of benzene rings is 1. The fourth-order valence-corrected chi connectivity index (χ4v) is 1.54. The lowest BCUT2D eigenvalue weighted by atomic mass is 9.99. The summed E-state index contributed by atoms with van der Waals surface area (Å²) in [5, 5.41) is 8.61. The molecular weight excluding hydrogens is 183 g/mol. The number of halogens is 1. The van der Waals surface area contributed by atoms with Gasteiger partial charge < -0.3 is 10.5 Å². The Kier molecular flexibility index (Phi) is 2.10. The zero-order valence-electron chi connectivity index (χ0n) is 7.46. The van der Waals surface area contributed by atoms with Gasteiger partial charge in [-0.15, -0.1) is 0 Å². The number of fused-ring (bicyclic) bond motifs is 1. The van der Waals surface area contributed by atoms with Gasteiger partial charge in [-0.2, -0.15) is 5.26 Å². The maximum Gasteiger partial charge on any atom is 0.183 e. The lowest BCUT2D eigenvalue weighted by Crippen LogP contribution is -2.21. The molecule has 0 bridgehead atoms. The minimum absolute atomic E-state index is 0.00199. The molecule has 0 aromatic heterocycles. The zero-order valence-corrected chi connectivity index (χ0v) is 7.46. The Bertz CT molecular complexity index is 411. The molecule has 1 aromatic carbocycles. The maximum absolute atomic E-state index is 13.5. The molecule has 14 heavy (non-hydrogen) atoms. The molecule has 0 saturated carbocycles. The van der Waals surface area contributed by atoms with Gasteiger partial charge in [0, 0.05) is 18.0 Å². The van der Waals surface area contributed by atoms with E-state index in [1.54, 1.807) is 12.1 Å². The molecule has 1 atom stereocenters. The highest BCUT2D eigenvalue weighted by atomic mass is 19.1. The van der Waals surface area contributed by atoms with Crippen LogP contribution in [0.3, 0.4) is 0 Å². The molecule has 1 aromatic rings. The van der Waals surface area contributed by atoms with Crippen molar-refractivity contribution in [1.82, 2.24) is 0 Å². The van der Waals surface area contributed by atoms with Crippen LogP contribution in [0, 0.1) is 17.1 Å². The molecular formula is C10H9FN2O. The standard InChI is InChI=1S/C10H9FN2O/c11-9-6(5-12)1-2-7-8(13)3-4-14-10(7)9/h1-2,8H,3-4,13H2/t8-/m0/s1. The predicted octanol–water partition coefficient (Wildman–Crippen LogP) is 1.48. The van der Waals surface area contributed by atoms with Crippen LogP contribution >= 0.6 is 0 Å². The summed E-state index contributed by atoms with van der Waals surface area (Å²) in [7, 11) is 0. The fraction of sp³-hybridized carbons (Fsp3) is 0.300. The molecule has 0 amide bonds. The van der Waals surface area contributed by atoms with Crippen molar-refractivity contribution in [3.05, 3.63) is 29.1 Å². The molecule has 2 N–H and O–H groups in total. The Balaban J connectivity index is 2.59. The third-order valence-electron chi connectivity index (χ3n) is 2.32. The second-order valence-electron chi connectivity index (χ2n) is 3.20. The van der Waals surface area contributed by atoms with E-state index in [0.29, 0.717) is 18.6 Å². The topological polar surface area (TPSA) is 59.0 Å². The molecule has 0 saturated heterocycles. The van der Waals surface area contributed by atoms with E-state index in [1.807, 2.05) is 0 Å². The maximum atomic E-state index is 13.5. The predicted molar refractivity (Wildman–Crippen MR) is 48.2 cm³/mol. The van der Waals surface area contributed by atoms with E-state index in [4.69, 9.17) is 15.7 Å². The Morgan fingerprint density at radius 1 is 1.57 bits per heavy atom. The Hall–Kier alpha value is -1.60. The van der Waals surface area contributed by atoms with Crippen molar-refractivity contribution in [2.75, 3.05) is 6.61 Å². The molecule has 0 fully saturated rings. The Morgan fingerprint density at radius 2 is 2.36 bits per heavy atom. The molecule has 1 aliphatic heterocycles. The van der Waals surface area contributed by atoms with Crippen molar-refractivity contribution in [1.29, 1.82) is 5.26 Å². The summed E-state index contributed by atoms with van der Waals surface area (Å²) >= 11 is 0. The highest BCUT2D eigenvalue weighted by Gasteiger charge is 2.23. The summed E-state index contributed by atoms with van der Waals surface area (Å²) in [5.74, 6) is -0.456. The van der Waals surface area contributed by atoms with Gasteiger partial charge in [0.15, 0.2) is 11.6 Å². The zero-order chi connectivity index (χ0) is 10.1. The van der Waals surface area contributed by atoms with Gasteiger partial charge in [0.05, 0.1) is 12.2 Å². The number of rotatable bonds is 0. The van der Waals surface area contributed by atoms with Crippen molar-refractivity contribution < 1.29 is 9.13 Å². The molecule has 0 radical (unpaired) electrons. The van der Waals surface area contributed by atoms with Crippen LogP contribution in [0.4, 0.5) is 4.39 Å². The van der Waals surface area contributed by atoms with Crippen LogP contribution in [-0.4, -0.2) is 6.61 Å². The van der Waals surface area contributed by atoms with Gasteiger partial charge in [-0.3, -0.25) is 0 Å². The molecule has 3 nitrogen and oxygen atoms in total. The smallest absolute Gasteiger partial charge is 0.183 e. The van der Waals surface area contributed by atoms with Crippen LogP contribution in [-0.2, 0) is 0 Å². The first kappa shape index (κ1) is 8.97. The fourth-order valence-electron chi connectivity index (χ4n) is 1.54. The number of nitriles is 1.